The van der Waals surface area contributed by atoms with Crippen LogP contribution in [-0.4, -0.2) is 12.0 Å². The first kappa shape index (κ1) is 15.0. The molecule has 0 heterocycles. The molecule has 0 aliphatic carbocycles. The molecule has 1 amide bonds. The average Bonchev–Trinajstić information content (AvgIpc) is 2.50. The topological polar surface area (TPSA) is 38.3 Å². The molecule has 2 rings (SSSR count). The highest BCUT2D eigenvalue weighted by Crippen LogP contribution is 2.17. The van der Waals surface area contributed by atoms with Gasteiger partial charge in [-0.1, -0.05) is 19.1 Å². The number of hydrogen-bond acceptors (Lipinski definition) is 2. The van der Waals surface area contributed by atoms with Crippen molar-refractivity contribution >= 4 is 11.6 Å². The number of para-hydroxylation sites is 1. The standard InChI is InChI=1S/C17H18FNO2/c1-3-12(2)21-14-10-8-13(9-11-14)17(20)19-16-7-5-4-6-15(16)18/h4-12H,3H2,1-2H3,(H,19,20)/t12-/m0/s1. The van der Waals surface area contributed by atoms with Gasteiger partial charge >= 0.3 is 0 Å². The zero-order valence-electron chi connectivity index (χ0n) is 12.1. The molecule has 21 heavy (non-hydrogen) atoms. The number of hydrogen-bond donors (Lipinski definition) is 1. The molecule has 2 aromatic carbocycles. The zero-order chi connectivity index (χ0) is 15.2. The van der Waals surface area contributed by atoms with Crippen LogP contribution in [0.1, 0.15) is 30.6 Å². The molecule has 0 bridgehead atoms. The molecule has 0 saturated heterocycles. The lowest BCUT2D eigenvalue weighted by atomic mass is 10.2. The van der Waals surface area contributed by atoms with E-state index in [-0.39, 0.29) is 17.7 Å². The molecule has 1 N–H and O–H groups in total. The Morgan fingerprint density at radius 3 is 2.48 bits per heavy atom. The first-order valence-electron chi connectivity index (χ1n) is 6.92. The minimum Gasteiger partial charge on any atom is -0.491 e. The Bertz CT molecular complexity index is 610. The summed E-state index contributed by atoms with van der Waals surface area (Å²) in [6, 6.07) is 12.9. The van der Waals surface area contributed by atoms with Crippen molar-refractivity contribution in [2.24, 2.45) is 0 Å². The molecule has 0 aliphatic heterocycles. The highest BCUT2D eigenvalue weighted by Gasteiger charge is 2.09. The van der Waals surface area contributed by atoms with Gasteiger partial charge < -0.3 is 10.1 Å². The van der Waals surface area contributed by atoms with Crippen LogP contribution in [-0.2, 0) is 0 Å². The van der Waals surface area contributed by atoms with Gasteiger partial charge in [0.2, 0.25) is 0 Å². The number of carbonyl (C=O) groups is 1. The van der Waals surface area contributed by atoms with Crippen molar-refractivity contribution < 1.29 is 13.9 Å². The second-order valence-corrected chi connectivity index (χ2v) is 4.80. The van der Waals surface area contributed by atoms with Gasteiger partial charge in [0, 0.05) is 5.56 Å². The lowest BCUT2D eigenvalue weighted by Gasteiger charge is -2.12. The van der Waals surface area contributed by atoms with E-state index in [1.165, 1.54) is 12.1 Å². The Hall–Kier alpha value is -2.36. The average molecular weight is 287 g/mol. The molecule has 0 aromatic heterocycles. The third-order valence-electron chi connectivity index (χ3n) is 3.15. The fourth-order valence-electron chi connectivity index (χ4n) is 1.76. The largest absolute Gasteiger partial charge is 0.491 e. The molecular weight excluding hydrogens is 269 g/mol. The number of halogens is 1. The summed E-state index contributed by atoms with van der Waals surface area (Å²) in [5, 5.41) is 2.54. The lowest BCUT2D eigenvalue weighted by molar-refractivity contribution is 0.102. The number of carbonyl (C=O) groups excluding carboxylic acids is 1. The molecule has 0 unspecified atom stereocenters. The van der Waals surface area contributed by atoms with Crippen LogP contribution in [0.2, 0.25) is 0 Å². The van der Waals surface area contributed by atoms with E-state index in [0.717, 1.165) is 6.42 Å². The van der Waals surface area contributed by atoms with Gasteiger partial charge in [-0.2, -0.15) is 0 Å². The predicted molar refractivity (Wildman–Crippen MR) is 81.2 cm³/mol. The van der Waals surface area contributed by atoms with E-state index < -0.39 is 5.82 Å². The van der Waals surface area contributed by atoms with Gasteiger partial charge in [0.05, 0.1) is 11.8 Å². The summed E-state index contributed by atoms with van der Waals surface area (Å²) in [5.74, 6) is -0.0930. The molecule has 3 nitrogen and oxygen atoms in total. The predicted octanol–water partition coefficient (Wildman–Crippen LogP) is 4.26. The molecule has 110 valence electrons. The molecule has 4 heteroatoms. The number of ether oxygens (including phenoxy) is 1. The van der Waals surface area contributed by atoms with Crippen LogP contribution < -0.4 is 10.1 Å². The summed E-state index contributed by atoms with van der Waals surface area (Å²) in [6.45, 7) is 4.03. The molecule has 2 aromatic rings. The van der Waals surface area contributed by atoms with E-state index in [1.807, 2.05) is 13.8 Å². The second kappa shape index (κ2) is 6.88. The van der Waals surface area contributed by atoms with E-state index in [1.54, 1.807) is 36.4 Å². The van der Waals surface area contributed by atoms with Crippen LogP contribution in [0.25, 0.3) is 0 Å². The first-order valence-corrected chi connectivity index (χ1v) is 6.92. The number of rotatable bonds is 5. The Balaban J connectivity index is 2.05. The highest BCUT2D eigenvalue weighted by atomic mass is 19.1. The summed E-state index contributed by atoms with van der Waals surface area (Å²) < 4.78 is 19.1. The zero-order valence-corrected chi connectivity index (χ0v) is 12.1. The van der Waals surface area contributed by atoms with Crippen molar-refractivity contribution in [1.29, 1.82) is 0 Å². The summed E-state index contributed by atoms with van der Waals surface area (Å²) >= 11 is 0. The molecule has 0 spiro atoms. The Kier molecular flexibility index (Phi) is 4.93. The molecule has 0 aliphatic rings. The number of nitrogens with one attached hydrogen (secondary N) is 1. The summed E-state index contributed by atoms with van der Waals surface area (Å²) in [6.07, 6.45) is 1.04. The van der Waals surface area contributed by atoms with Crippen molar-refractivity contribution in [2.45, 2.75) is 26.4 Å². The molecule has 0 radical (unpaired) electrons. The van der Waals surface area contributed by atoms with Gasteiger partial charge in [0.25, 0.3) is 5.91 Å². The van der Waals surface area contributed by atoms with E-state index in [0.29, 0.717) is 11.3 Å². The smallest absolute Gasteiger partial charge is 0.255 e. The first-order chi connectivity index (χ1) is 10.1. The van der Waals surface area contributed by atoms with Crippen LogP contribution in [0, 0.1) is 5.82 Å². The maximum Gasteiger partial charge on any atom is 0.255 e. The third-order valence-corrected chi connectivity index (χ3v) is 3.15. The summed E-state index contributed by atoms with van der Waals surface area (Å²) in [7, 11) is 0. The second-order valence-electron chi connectivity index (χ2n) is 4.80. The van der Waals surface area contributed by atoms with Gasteiger partial charge in [-0.15, -0.1) is 0 Å². The van der Waals surface area contributed by atoms with Crippen molar-refractivity contribution in [3.63, 3.8) is 0 Å². The van der Waals surface area contributed by atoms with E-state index >= 15 is 0 Å². The Labute approximate surface area is 123 Å². The number of benzene rings is 2. The van der Waals surface area contributed by atoms with Crippen molar-refractivity contribution in [3.8, 4) is 5.75 Å². The third kappa shape index (κ3) is 4.05. The normalized spacial score (nSPS) is 11.8. The van der Waals surface area contributed by atoms with E-state index in [4.69, 9.17) is 4.74 Å². The van der Waals surface area contributed by atoms with Crippen molar-refractivity contribution in [1.82, 2.24) is 0 Å². The molecule has 0 fully saturated rings. The lowest BCUT2D eigenvalue weighted by Crippen LogP contribution is -2.13. The maximum absolute atomic E-state index is 13.5. The van der Waals surface area contributed by atoms with Crippen molar-refractivity contribution in [3.05, 3.63) is 59.9 Å². The molecule has 1 atom stereocenters. The minimum absolute atomic E-state index is 0.128. The van der Waals surface area contributed by atoms with Gasteiger partial charge in [-0.25, -0.2) is 4.39 Å². The molecular formula is C17H18FNO2. The fraction of sp³-hybridized carbons (Fsp3) is 0.235. The Morgan fingerprint density at radius 2 is 1.86 bits per heavy atom. The molecule has 0 saturated carbocycles. The fourth-order valence-corrected chi connectivity index (χ4v) is 1.76. The van der Waals surface area contributed by atoms with E-state index in [9.17, 15) is 9.18 Å². The minimum atomic E-state index is -0.456. The maximum atomic E-state index is 13.5. The van der Waals surface area contributed by atoms with Crippen LogP contribution in [0.4, 0.5) is 10.1 Å². The van der Waals surface area contributed by atoms with Crippen molar-refractivity contribution in [2.75, 3.05) is 5.32 Å². The van der Waals surface area contributed by atoms with Gasteiger partial charge in [-0.3, -0.25) is 4.79 Å². The quantitative estimate of drug-likeness (QED) is 0.892. The van der Waals surface area contributed by atoms with Gasteiger partial charge in [0.1, 0.15) is 11.6 Å². The van der Waals surface area contributed by atoms with Crippen LogP contribution in [0.15, 0.2) is 48.5 Å². The SMILES string of the molecule is CC[C@H](C)Oc1ccc(C(=O)Nc2ccccc2F)cc1. The number of anilines is 1. The Morgan fingerprint density at radius 1 is 1.19 bits per heavy atom. The van der Waals surface area contributed by atoms with Crippen LogP contribution >= 0.6 is 0 Å². The van der Waals surface area contributed by atoms with Crippen LogP contribution in [0.3, 0.4) is 0 Å². The summed E-state index contributed by atoms with van der Waals surface area (Å²) in [5.41, 5.74) is 0.622. The van der Waals surface area contributed by atoms with Gasteiger partial charge in [0.15, 0.2) is 0 Å². The number of amides is 1. The van der Waals surface area contributed by atoms with Crippen LogP contribution in [0.5, 0.6) is 5.75 Å². The van der Waals surface area contributed by atoms with E-state index in [2.05, 4.69) is 5.32 Å². The van der Waals surface area contributed by atoms with Gasteiger partial charge in [-0.05, 0) is 49.7 Å². The highest BCUT2D eigenvalue weighted by molar-refractivity contribution is 6.04. The monoisotopic (exact) mass is 287 g/mol. The summed E-state index contributed by atoms with van der Waals surface area (Å²) in [4.78, 5) is 12.0.